The van der Waals surface area contributed by atoms with E-state index in [1.54, 1.807) is 11.1 Å². The van der Waals surface area contributed by atoms with Crippen molar-refractivity contribution in [3.05, 3.63) is 74.8 Å². The smallest absolute Gasteiger partial charge is 0.410 e. The number of rotatable bonds is 5. The standard InChI is InChI=1S/C24H20ClF3N6O2S.CO2/c1-2-33-23(35)36-12-24(33)10-17-18(16-5-7-34(31-16)22(27)28)19(14-4-3-13(26)9-15(14)25)30-20(32(17)11-24)21-29-6-8-37-21;2-1-3/h3-9,19,22H,2,10-12H2,1H3;/t19-,24-;/m0./s1. The molecule has 3 aromatic rings. The van der Waals surface area contributed by atoms with Gasteiger partial charge in [0, 0.05) is 52.6 Å². The lowest BCUT2D eigenvalue weighted by atomic mass is 9.90. The summed E-state index contributed by atoms with van der Waals surface area (Å²) in [6.07, 6.45) is 3.09. The normalized spacial score (nSPS) is 21.8. The summed E-state index contributed by atoms with van der Waals surface area (Å²) in [5.74, 6) is 0.0474. The lowest BCUT2D eigenvalue weighted by molar-refractivity contribution is -0.191. The number of carbonyl (C=O) groups excluding carboxylic acids is 3. The minimum atomic E-state index is -2.83. The number of thiazole rings is 1. The Kier molecular flexibility index (Phi) is 7.49. The van der Waals surface area contributed by atoms with Gasteiger partial charge >= 0.3 is 18.8 Å². The number of carbonyl (C=O) groups is 1. The molecule has 0 aliphatic carbocycles. The van der Waals surface area contributed by atoms with Gasteiger partial charge in [0.25, 0.3) is 0 Å². The lowest BCUT2D eigenvalue weighted by Crippen LogP contribution is -2.49. The SMILES string of the molecule is CCN1C(=O)OC[C@@]12CC1=C(c3ccn(C(F)F)n3)[C@H](c3ccc(F)cc3Cl)N=C(c3nccs3)N1C2.O=C=O. The van der Waals surface area contributed by atoms with Crippen molar-refractivity contribution in [1.29, 1.82) is 0 Å². The molecule has 2 fully saturated rings. The van der Waals surface area contributed by atoms with Gasteiger partial charge < -0.3 is 9.64 Å². The monoisotopic (exact) mass is 592 g/mol. The number of nitrogens with zero attached hydrogens (tertiary/aromatic N) is 6. The van der Waals surface area contributed by atoms with E-state index in [1.165, 1.54) is 41.8 Å². The summed E-state index contributed by atoms with van der Waals surface area (Å²) in [6.45, 7) is 0.0380. The van der Waals surface area contributed by atoms with Crippen molar-refractivity contribution >= 4 is 46.6 Å². The fourth-order valence-electron chi connectivity index (χ4n) is 5.33. The maximum Gasteiger partial charge on any atom is 0.410 e. The topological polar surface area (TPSA) is 110 Å². The Bertz CT molecular complexity index is 1540. The van der Waals surface area contributed by atoms with Crippen LogP contribution in [0.1, 0.15) is 42.2 Å². The third kappa shape index (κ3) is 4.67. The number of benzene rings is 1. The maximum absolute atomic E-state index is 14.0. The fraction of sp³-hybridized carbons (Fsp3) is 0.320. The number of ether oxygens (including phenoxy) is 1. The average Bonchev–Trinajstić information content (AvgIpc) is 3.71. The van der Waals surface area contributed by atoms with Gasteiger partial charge in [-0.15, -0.1) is 11.3 Å². The van der Waals surface area contributed by atoms with Crippen molar-refractivity contribution in [1.82, 2.24) is 24.6 Å². The zero-order chi connectivity index (χ0) is 28.6. The van der Waals surface area contributed by atoms with Gasteiger partial charge in [0.05, 0.1) is 12.2 Å². The zero-order valence-electron chi connectivity index (χ0n) is 20.8. The molecule has 40 heavy (non-hydrogen) atoms. The average molecular weight is 593 g/mol. The molecule has 0 radical (unpaired) electrons. The minimum Gasteiger partial charge on any atom is -0.447 e. The maximum atomic E-state index is 14.0. The molecule has 2 aromatic heterocycles. The predicted octanol–water partition coefficient (Wildman–Crippen LogP) is 4.77. The summed E-state index contributed by atoms with van der Waals surface area (Å²) >= 11 is 7.89. The Morgan fingerprint density at radius 2 is 2.08 bits per heavy atom. The molecule has 5 heterocycles. The molecule has 1 spiro atoms. The number of hydrogen-bond donors (Lipinski definition) is 0. The summed E-state index contributed by atoms with van der Waals surface area (Å²) in [6, 6.07) is 4.74. The van der Waals surface area contributed by atoms with Crippen LogP contribution >= 0.6 is 22.9 Å². The van der Waals surface area contributed by atoms with Gasteiger partial charge in [-0.25, -0.2) is 18.9 Å². The van der Waals surface area contributed by atoms with Crippen molar-refractivity contribution in [2.24, 2.45) is 4.99 Å². The molecule has 0 N–H and O–H groups in total. The van der Waals surface area contributed by atoms with Crippen LogP contribution in [0.2, 0.25) is 5.02 Å². The number of cyclic esters (lactones) is 1. The molecule has 0 saturated carbocycles. The second-order valence-electron chi connectivity index (χ2n) is 9.05. The number of amides is 1. The van der Waals surface area contributed by atoms with Gasteiger partial charge in [0.1, 0.15) is 24.0 Å². The number of likely N-dealkylation sites (N-methyl/N-ethyl adjacent to an activating group) is 1. The van der Waals surface area contributed by atoms with E-state index in [9.17, 15) is 18.0 Å². The van der Waals surface area contributed by atoms with Crippen LogP contribution in [0.5, 0.6) is 0 Å². The summed E-state index contributed by atoms with van der Waals surface area (Å²) in [4.78, 5) is 41.9. The highest BCUT2D eigenvalue weighted by atomic mass is 35.5. The van der Waals surface area contributed by atoms with E-state index in [0.29, 0.717) is 46.2 Å². The molecule has 10 nitrogen and oxygen atoms in total. The van der Waals surface area contributed by atoms with Crippen LogP contribution in [-0.4, -0.2) is 67.9 Å². The van der Waals surface area contributed by atoms with Crippen LogP contribution in [0, 0.1) is 5.82 Å². The number of alkyl halides is 2. The van der Waals surface area contributed by atoms with Crippen LogP contribution in [0.4, 0.5) is 18.0 Å². The quantitative estimate of drug-likeness (QED) is 0.420. The van der Waals surface area contributed by atoms with Crippen molar-refractivity contribution in [2.45, 2.75) is 31.5 Å². The number of halogens is 4. The van der Waals surface area contributed by atoms with Crippen LogP contribution in [0.15, 0.2) is 52.7 Å². The largest absolute Gasteiger partial charge is 0.447 e. The van der Waals surface area contributed by atoms with Gasteiger partial charge in [-0.05, 0) is 25.1 Å². The van der Waals surface area contributed by atoms with Crippen molar-refractivity contribution < 1.29 is 32.3 Å². The first-order chi connectivity index (χ1) is 19.2. The van der Waals surface area contributed by atoms with Crippen LogP contribution in [-0.2, 0) is 14.3 Å². The van der Waals surface area contributed by atoms with Crippen molar-refractivity contribution in [2.75, 3.05) is 19.7 Å². The third-order valence-corrected chi connectivity index (χ3v) is 8.00. The number of amidine groups is 1. The van der Waals surface area contributed by atoms with E-state index in [-0.39, 0.29) is 23.5 Å². The van der Waals surface area contributed by atoms with E-state index >= 15 is 0 Å². The molecule has 1 amide bonds. The molecule has 3 aliphatic heterocycles. The zero-order valence-corrected chi connectivity index (χ0v) is 22.3. The number of hydrogen-bond acceptors (Lipinski definition) is 9. The molecule has 0 unspecified atom stereocenters. The van der Waals surface area contributed by atoms with E-state index in [0.717, 1.165) is 5.70 Å². The first kappa shape index (κ1) is 27.6. The predicted molar refractivity (Wildman–Crippen MR) is 136 cm³/mol. The molecule has 1 aromatic carbocycles. The van der Waals surface area contributed by atoms with Crippen LogP contribution in [0.3, 0.4) is 0 Å². The molecule has 208 valence electrons. The highest BCUT2D eigenvalue weighted by Gasteiger charge is 2.55. The van der Waals surface area contributed by atoms with Gasteiger partial charge in [-0.1, -0.05) is 17.7 Å². The first-order valence-corrected chi connectivity index (χ1v) is 13.2. The Morgan fingerprint density at radius 3 is 2.70 bits per heavy atom. The molecule has 2 atom stereocenters. The van der Waals surface area contributed by atoms with Crippen molar-refractivity contribution in [3.63, 3.8) is 0 Å². The molecule has 6 rings (SSSR count). The summed E-state index contributed by atoms with van der Waals surface area (Å²) < 4.78 is 47.0. The number of aliphatic imine (C=N–C) groups is 1. The third-order valence-electron chi connectivity index (χ3n) is 6.90. The molecule has 0 bridgehead atoms. The van der Waals surface area contributed by atoms with Crippen LogP contribution < -0.4 is 0 Å². The van der Waals surface area contributed by atoms with E-state index in [1.807, 2.05) is 17.2 Å². The first-order valence-electron chi connectivity index (χ1n) is 11.9. The van der Waals surface area contributed by atoms with E-state index in [2.05, 4.69) is 10.1 Å². The second kappa shape index (κ2) is 10.9. The van der Waals surface area contributed by atoms with Gasteiger partial charge in [-0.3, -0.25) is 9.89 Å². The molecule has 15 heteroatoms. The Hall–Kier alpha value is -4.00. The lowest BCUT2D eigenvalue weighted by Gasteiger charge is -2.33. The molecular weight excluding hydrogens is 573 g/mol. The molecular formula is C25H20ClF3N6O4S. The Labute approximate surface area is 234 Å². The summed E-state index contributed by atoms with van der Waals surface area (Å²) in [5, 5.41) is 6.76. The van der Waals surface area contributed by atoms with Gasteiger partial charge in [0.15, 0.2) is 10.8 Å². The van der Waals surface area contributed by atoms with E-state index in [4.69, 9.17) is 30.9 Å². The summed E-state index contributed by atoms with van der Waals surface area (Å²) in [7, 11) is 0. The number of aromatic nitrogens is 3. The molecule has 3 aliphatic rings. The Balaban J connectivity index is 0.00000103. The second-order valence-corrected chi connectivity index (χ2v) is 10.3. The summed E-state index contributed by atoms with van der Waals surface area (Å²) in [5.41, 5.74) is 1.41. The number of fused-ring (bicyclic) bond motifs is 1. The van der Waals surface area contributed by atoms with Gasteiger partial charge in [-0.2, -0.15) is 23.5 Å². The van der Waals surface area contributed by atoms with Crippen molar-refractivity contribution in [3.8, 4) is 0 Å². The highest BCUT2D eigenvalue weighted by molar-refractivity contribution is 7.11. The van der Waals surface area contributed by atoms with E-state index < -0.39 is 30.0 Å². The highest BCUT2D eigenvalue weighted by Crippen LogP contribution is 2.50. The Morgan fingerprint density at radius 1 is 1.30 bits per heavy atom. The van der Waals surface area contributed by atoms with Crippen LogP contribution in [0.25, 0.3) is 5.57 Å². The minimum absolute atomic E-state index is 0.148. The van der Waals surface area contributed by atoms with Gasteiger partial charge in [0.2, 0.25) is 0 Å². The molecule has 2 saturated heterocycles. The fourth-order valence-corrected chi connectivity index (χ4v) is 6.24.